The zero-order valence-corrected chi connectivity index (χ0v) is 31.2. The summed E-state index contributed by atoms with van der Waals surface area (Å²) in [5.41, 5.74) is 1.11. The predicted octanol–water partition coefficient (Wildman–Crippen LogP) is 7.50. The van der Waals surface area contributed by atoms with Gasteiger partial charge in [0, 0.05) is 40.7 Å². The summed E-state index contributed by atoms with van der Waals surface area (Å²) in [5.74, 6) is -1.03. The van der Waals surface area contributed by atoms with Gasteiger partial charge in [0.05, 0.1) is 22.6 Å². The maximum absolute atomic E-state index is 14.9. The van der Waals surface area contributed by atoms with E-state index >= 15 is 0 Å². The number of aryl methyl sites for hydroxylation is 1. The molecule has 1 aliphatic rings. The standard InChI is InChI=1S/C38H40Cl2N4O7S/c1-26-17-19-31(23-33(26)44(47)48)52(49,50)43(34-22-29(39)18-20-36(34)51-2)25-37(45)42(24-28-13-9-10-16-32(28)40)35(21-27-11-5-3-6-12-27)38(46)41-30-14-7-4-8-15-30/h3,5-6,9-13,16-20,22-23,30,35H,4,7-8,14-15,21,24-25H2,1-2H3,(H,41,46)/t35-/m1/s1. The molecule has 1 fully saturated rings. The first-order valence-corrected chi connectivity index (χ1v) is 19.1. The molecule has 11 nitrogen and oxygen atoms in total. The summed E-state index contributed by atoms with van der Waals surface area (Å²) >= 11 is 13.0. The molecular formula is C38H40Cl2N4O7S. The molecule has 274 valence electrons. The number of nitrogens with zero attached hydrogens (tertiary/aromatic N) is 3. The number of hydrogen-bond acceptors (Lipinski definition) is 7. The van der Waals surface area contributed by atoms with Crippen LogP contribution in [0.2, 0.25) is 10.0 Å². The number of benzene rings is 4. The molecule has 1 saturated carbocycles. The van der Waals surface area contributed by atoms with Crippen molar-refractivity contribution in [3.63, 3.8) is 0 Å². The molecule has 1 atom stereocenters. The van der Waals surface area contributed by atoms with Crippen molar-refractivity contribution in [1.29, 1.82) is 0 Å². The Morgan fingerprint density at radius 3 is 2.33 bits per heavy atom. The van der Waals surface area contributed by atoms with Gasteiger partial charge in [0.1, 0.15) is 18.3 Å². The zero-order valence-electron chi connectivity index (χ0n) is 28.8. The highest BCUT2D eigenvalue weighted by Gasteiger charge is 2.37. The molecule has 14 heteroatoms. The van der Waals surface area contributed by atoms with Gasteiger partial charge in [-0.25, -0.2) is 8.42 Å². The van der Waals surface area contributed by atoms with E-state index < -0.39 is 44.0 Å². The Labute approximate surface area is 313 Å². The highest BCUT2D eigenvalue weighted by Crippen LogP contribution is 2.36. The smallest absolute Gasteiger partial charge is 0.273 e. The number of carbonyl (C=O) groups excluding carboxylic acids is 2. The molecule has 0 unspecified atom stereocenters. The number of carbonyl (C=O) groups is 2. The van der Waals surface area contributed by atoms with Gasteiger partial charge >= 0.3 is 0 Å². The lowest BCUT2D eigenvalue weighted by Gasteiger charge is -2.35. The van der Waals surface area contributed by atoms with E-state index in [1.807, 2.05) is 30.3 Å². The first-order valence-electron chi connectivity index (χ1n) is 16.9. The van der Waals surface area contributed by atoms with E-state index in [1.54, 1.807) is 24.3 Å². The van der Waals surface area contributed by atoms with E-state index in [1.165, 1.54) is 49.3 Å². The summed E-state index contributed by atoms with van der Waals surface area (Å²) in [5, 5.41) is 15.5. The SMILES string of the molecule is COc1ccc(Cl)cc1N(CC(=O)N(Cc1ccccc1Cl)[C@H](Cc1ccccc1)C(=O)NC1CCCCC1)S(=O)(=O)c1ccc(C)c([N+](=O)[O-])c1. The minimum Gasteiger partial charge on any atom is -0.495 e. The summed E-state index contributed by atoms with van der Waals surface area (Å²) in [6, 6.07) is 22.8. The average Bonchev–Trinajstić information content (AvgIpc) is 3.13. The van der Waals surface area contributed by atoms with Crippen LogP contribution in [0.5, 0.6) is 5.75 Å². The van der Waals surface area contributed by atoms with E-state index in [0.29, 0.717) is 10.6 Å². The van der Waals surface area contributed by atoms with Gasteiger partial charge in [-0.15, -0.1) is 0 Å². The molecule has 4 aromatic carbocycles. The quantitative estimate of drug-likeness (QED) is 0.104. The maximum atomic E-state index is 14.9. The van der Waals surface area contributed by atoms with Crippen molar-refractivity contribution in [2.45, 2.75) is 69.0 Å². The van der Waals surface area contributed by atoms with Gasteiger partial charge in [0.2, 0.25) is 11.8 Å². The fraction of sp³-hybridized carbons (Fsp3) is 0.316. The lowest BCUT2D eigenvalue weighted by molar-refractivity contribution is -0.385. The molecule has 0 radical (unpaired) electrons. The Hall–Kier alpha value is -4.65. The lowest BCUT2D eigenvalue weighted by atomic mass is 9.94. The van der Waals surface area contributed by atoms with Gasteiger partial charge in [-0.1, -0.05) is 97.1 Å². The molecule has 0 aromatic heterocycles. The number of hydrogen-bond donors (Lipinski definition) is 1. The fourth-order valence-corrected chi connectivity index (χ4v) is 8.15. The topological polar surface area (TPSA) is 139 Å². The second-order valence-corrected chi connectivity index (χ2v) is 15.4. The van der Waals surface area contributed by atoms with Crippen molar-refractivity contribution in [3.8, 4) is 5.75 Å². The number of sulfonamides is 1. The van der Waals surface area contributed by atoms with Crippen LogP contribution in [-0.2, 0) is 32.6 Å². The number of rotatable bonds is 14. The molecule has 0 bridgehead atoms. The van der Waals surface area contributed by atoms with Crippen LogP contribution in [0, 0.1) is 17.0 Å². The fourth-order valence-electron chi connectivity index (χ4n) is 6.35. The Morgan fingerprint density at radius 2 is 1.65 bits per heavy atom. The Balaban J connectivity index is 1.64. The molecule has 0 saturated heterocycles. The second-order valence-electron chi connectivity index (χ2n) is 12.7. The van der Waals surface area contributed by atoms with Crippen LogP contribution >= 0.6 is 23.2 Å². The molecule has 1 aliphatic carbocycles. The van der Waals surface area contributed by atoms with Gasteiger partial charge in [-0.2, -0.15) is 0 Å². The monoisotopic (exact) mass is 766 g/mol. The number of nitro groups is 1. The van der Waals surface area contributed by atoms with Crippen LogP contribution in [0.3, 0.4) is 0 Å². The summed E-state index contributed by atoms with van der Waals surface area (Å²) < 4.78 is 35.4. The average molecular weight is 768 g/mol. The minimum absolute atomic E-state index is 0.0679. The van der Waals surface area contributed by atoms with Crippen molar-refractivity contribution < 1.29 is 27.7 Å². The Kier molecular flexibility index (Phi) is 12.8. The number of methoxy groups -OCH3 is 1. The third-order valence-corrected chi connectivity index (χ3v) is 11.5. The van der Waals surface area contributed by atoms with E-state index in [4.69, 9.17) is 27.9 Å². The van der Waals surface area contributed by atoms with Crippen LogP contribution < -0.4 is 14.4 Å². The molecule has 0 heterocycles. The van der Waals surface area contributed by atoms with Crippen molar-refractivity contribution >= 4 is 56.4 Å². The van der Waals surface area contributed by atoms with Gasteiger partial charge < -0.3 is 15.0 Å². The van der Waals surface area contributed by atoms with Crippen molar-refractivity contribution in [3.05, 3.63) is 128 Å². The molecule has 4 aromatic rings. The molecule has 1 N–H and O–H groups in total. The first-order chi connectivity index (χ1) is 24.9. The highest BCUT2D eigenvalue weighted by molar-refractivity contribution is 7.92. The maximum Gasteiger partial charge on any atom is 0.273 e. The van der Waals surface area contributed by atoms with Crippen LogP contribution in [0.25, 0.3) is 0 Å². The second kappa shape index (κ2) is 17.2. The van der Waals surface area contributed by atoms with Gasteiger partial charge in [0.15, 0.2) is 0 Å². The lowest BCUT2D eigenvalue weighted by Crippen LogP contribution is -2.55. The van der Waals surface area contributed by atoms with Crippen molar-refractivity contribution in [2.24, 2.45) is 0 Å². The van der Waals surface area contributed by atoms with Gasteiger partial charge in [-0.3, -0.25) is 24.0 Å². The largest absolute Gasteiger partial charge is 0.495 e. The predicted molar refractivity (Wildman–Crippen MR) is 201 cm³/mol. The summed E-state index contributed by atoms with van der Waals surface area (Å²) in [6.07, 6.45) is 4.78. The molecule has 52 heavy (non-hydrogen) atoms. The molecule has 0 spiro atoms. The number of amides is 2. The summed E-state index contributed by atoms with van der Waals surface area (Å²) in [7, 11) is -3.36. The van der Waals surface area contributed by atoms with Crippen LogP contribution in [0.4, 0.5) is 11.4 Å². The van der Waals surface area contributed by atoms with Crippen molar-refractivity contribution in [1.82, 2.24) is 10.2 Å². The number of nitrogens with one attached hydrogen (secondary N) is 1. The van der Waals surface area contributed by atoms with Crippen LogP contribution in [-0.4, -0.2) is 55.8 Å². The normalized spacial score (nSPS) is 13.9. The number of nitro benzene ring substituents is 1. The third kappa shape index (κ3) is 9.22. The van der Waals surface area contributed by atoms with Crippen molar-refractivity contribution in [2.75, 3.05) is 18.0 Å². The third-order valence-electron chi connectivity index (χ3n) is 9.17. The van der Waals surface area contributed by atoms with Gasteiger partial charge in [-0.05, 0) is 61.2 Å². The molecule has 5 rings (SSSR count). The van der Waals surface area contributed by atoms with E-state index in [-0.39, 0.29) is 46.9 Å². The number of anilines is 1. The minimum atomic E-state index is -4.70. The number of halogens is 2. The Bertz CT molecular complexity index is 2030. The molecule has 0 aliphatic heterocycles. The van der Waals surface area contributed by atoms with Crippen LogP contribution in [0.15, 0.2) is 95.9 Å². The number of ether oxygens (including phenoxy) is 1. The van der Waals surface area contributed by atoms with E-state index in [9.17, 15) is 28.1 Å². The van der Waals surface area contributed by atoms with E-state index in [0.717, 1.165) is 48.0 Å². The van der Waals surface area contributed by atoms with Crippen LogP contribution in [0.1, 0.15) is 48.8 Å². The first kappa shape index (κ1) is 38.6. The molecular weight excluding hydrogens is 727 g/mol. The molecule has 2 amide bonds. The summed E-state index contributed by atoms with van der Waals surface area (Å²) in [6.45, 7) is 0.561. The Morgan fingerprint density at radius 1 is 0.962 bits per heavy atom. The summed E-state index contributed by atoms with van der Waals surface area (Å²) in [4.78, 5) is 41.3. The zero-order chi connectivity index (χ0) is 37.4. The highest BCUT2D eigenvalue weighted by atomic mass is 35.5. The van der Waals surface area contributed by atoms with Gasteiger partial charge in [0.25, 0.3) is 15.7 Å². The van der Waals surface area contributed by atoms with E-state index in [2.05, 4.69) is 5.32 Å².